The summed E-state index contributed by atoms with van der Waals surface area (Å²) in [6, 6.07) is 1.46. The highest BCUT2D eigenvalue weighted by Gasteiger charge is 2.44. The van der Waals surface area contributed by atoms with Crippen LogP contribution in [0.15, 0.2) is 0 Å². The summed E-state index contributed by atoms with van der Waals surface area (Å²) >= 11 is 0. The van der Waals surface area contributed by atoms with E-state index < -0.39 is 0 Å². The lowest BCUT2D eigenvalue weighted by Gasteiger charge is -2.51. The first-order chi connectivity index (χ1) is 10.2. The molecule has 3 aliphatic rings. The van der Waals surface area contributed by atoms with Crippen molar-refractivity contribution in [2.75, 3.05) is 26.2 Å². The summed E-state index contributed by atoms with van der Waals surface area (Å²) in [5.41, 5.74) is 0.294. The lowest BCUT2D eigenvalue weighted by atomic mass is 9.73. The zero-order chi connectivity index (χ0) is 14.7. The summed E-state index contributed by atoms with van der Waals surface area (Å²) in [6.45, 7) is 9.43. The van der Waals surface area contributed by atoms with Crippen LogP contribution in [0.1, 0.15) is 65.2 Å². The van der Waals surface area contributed by atoms with Crippen molar-refractivity contribution in [2.45, 2.75) is 82.9 Å². The molecule has 0 aromatic rings. The molecule has 0 amide bonds. The van der Waals surface area contributed by atoms with Crippen molar-refractivity contribution in [3.63, 3.8) is 0 Å². The number of likely N-dealkylation sites (tertiary alicyclic amines) is 1. The molecule has 1 saturated carbocycles. The van der Waals surface area contributed by atoms with Crippen molar-refractivity contribution in [2.24, 2.45) is 5.92 Å². The van der Waals surface area contributed by atoms with Crippen molar-refractivity contribution in [1.29, 1.82) is 0 Å². The molecule has 21 heavy (non-hydrogen) atoms. The first kappa shape index (κ1) is 15.8. The summed E-state index contributed by atoms with van der Waals surface area (Å²) in [4.78, 5) is 2.81. The summed E-state index contributed by atoms with van der Waals surface area (Å²) in [5.74, 6) is 0.838. The fourth-order valence-electron chi connectivity index (χ4n) is 4.55. The first-order valence-electron chi connectivity index (χ1n) is 9.34. The van der Waals surface area contributed by atoms with Gasteiger partial charge in [-0.3, -0.25) is 4.90 Å². The number of piperidine rings is 1. The predicted molar refractivity (Wildman–Crippen MR) is 87.6 cm³/mol. The van der Waals surface area contributed by atoms with Gasteiger partial charge in [0.05, 0.1) is 5.60 Å². The number of nitrogens with zero attached hydrogens (tertiary/aromatic N) is 1. The minimum atomic E-state index is 0.294. The van der Waals surface area contributed by atoms with Crippen molar-refractivity contribution in [1.82, 2.24) is 10.2 Å². The maximum atomic E-state index is 6.11. The van der Waals surface area contributed by atoms with Gasteiger partial charge in [-0.1, -0.05) is 6.92 Å². The minimum absolute atomic E-state index is 0.294. The molecule has 3 rings (SSSR count). The second kappa shape index (κ2) is 6.97. The van der Waals surface area contributed by atoms with Crippen LogP contribution in [0.3, 0.4) is 0 Å². The predicted octanol–water partition coefficient (Wildman–Crippen LogP) is 3.19. The largest absolute Gasteiger partial charge is 0.375 e. The molecule has 0 aromatic carbocycles. The van der Waals surface area contributed by atoms with E-state index in [1.54, 1.807) is 0 Å². The Bertz CT molecular complexity index is 329. The summed E-state index contributed by atoms with van der Waals surface area (Å²) < 4.78 is 6.11. The standard InChI is InChI=1S/C18H34N2O/c1-3-10-19-15(2)16-6-4-11-20(14-16)17-7-12-21-18(13-17)8-5-9-18/h15-17,19H,3-14H2,1-2H3. The minimum Gasteiger partial charge on any atom is -0.375 e. The molecular formula is C18H34N2O. The Balaban J connectivity index is 1.53. The van der Waals surface area contributed by atoms with Crippen LogP contribution in [0.2, 0.25) is 0 Å². The molecule has 122 valence electrons. The first-order valence-corrected chi connectivity index (χ1v) is 9.34. The Hall–Kier alpha value is -0.120. The van der Waals surface area contributed by atoms with E-state index >= 15 is 0 Å². The molecule has 3 atom stereocenters. The number of rotatable bonds is 5. The molecule has 1 N–H and O–H groups in total. The molecule has 0 bridgehead atoms. The third kappa shape index (κ3) is 3.62. The Morgan fingerprint density at radius 1 is 1.29 bits per heavy atom. The Morgan fingerprint density at radius 3 is 2.86 bits per heavy atom. The van der Waals surface area contributed by atoms with Crippen molar-refractivity contribution >= 4 is 0 Å². The van der Waals surface area contributed by atoms with Gasteiger partial charge in [-0.25, -0.2) is 0 Å². The third-order valence-corrected chi connectivity index (χ3v) is 6.16. The highest BCUT2D eigenvalue weighted by Crippen LogP contribution is 2.43. The van der Waals surface area contributed by atoms with Gasteiger partial charge in [0.1, 0.15) is 0 Å². The second-order valence-electron chi connectivity index (χ2n) is 7.67. The SMILES string of the molecule is CCCNC(C)C1CCCN(C2CCOC3(CCC3)C2)C1. The van der Waals surface area contributed by atoms with Crippen molar-refractivity contribution < 1.29 is 4.74 Å². The maximum Gasteiger partial charge on any atom is 0.0697 e. The van der Waals surface area contributed by atoms with Crippen LogP contribution >= 0.6 is 0 Å². The van der Waals surface area contributed by atoms with Crippen LogP contribution in [-0.4, -0.2) is 48.8 Å². The zero-order valence-corrected chi connectivity index (χ0v) is 14.1. The van der Waals surface area contributed by atoms with Gasteiger partial charge in [-0.2, -0.15) is 0 Å². The van der Waals surface area contributed by atoms with Gasteiger partial charge < -0.3 is 10.1 Å². The van der Waals surface area contributed by atoms with E-state index in [2.05, 4.69) is 24.1 Å². The topological polar surface area (TPSA) is 24.5 Å². The van der Waals surface area contributed by atoms with E-state index in [9.17, 15) is 0 Å². The van der Waals surface area contributed by atoms with Crippen LogP contribution in [0, 0.1) is 5.92 Å². The van der Waals surface area contributed by atoms with Gasteiger partial charge >= 0.3 is 0 Å². The molecule has 2 aliphatic heterocycles. The van der Waals surface area contributed by atoms with Gasteiger partial charge in [0.15, 0.2) is 0 Å². The summed E-state index contributed by atoms with van der Waals surface area (Å²) in [6.07, 6.45) is 10.6. The average molecular weight is 294 g/mol. The van der Waals surface area contributed by atoms with Crippen LogP contribution in [0.4, 0.5) is 0 Å². The second-order valence-corrected chi connectivity index (χ2v) is 7.67. The highest BCUT2D eigenvalue weighted by molar-refractivity contribution is 4.97. The third-order valence-electron chi connectivity index (χ3n) is 6.16. The number of hydrogen-bond donors (Lipinski definition) is 1. The van der Waals surface area contributed by atoms with Gasteiger partial charge in [0, 0.05) is 25.2 Å². The Labute approximate surface area is 130 Å². The molecule has 2 heterocycles. The lowest BCUT2D eigenvalue weighted by molar-refractivity contribution is -0.151. The van der Waals surface area contributed by atoms with E-state index in [-0.39, 0.29) is 0 Å². The van der Waals surface area contributed by atoms with E-state index in [1.165, 1.54) is 64.5 Å². The molecule has 3 unspecified atom stereocenters. The van der Waals surface area contributed by atoms with Gasteiger partial charge in [-0.05, 0) is 77.3 Å². The van der Waals surface area contributed by atoms with Crippen molar-refractivity contribution in [3.05, 3.63) is 0 Å². The monoisotopic (exact) mass is 294 g/mol. The van der Waals surface area contributed by atoms with E-state index in [4.69, 9.17) is 4.74 Å². The fourth-order valence-corrected chi connectivity index (χ4v) is 4.55. The van der Waals surface area contributed by atoms with Gasteiger partial charge in [-0.15, -0.1) is 0 Å². The summed E-state index contributed by atoms with van der Waals surface area (Å²) in [5, 5.41) is 3.71. The molecule has 0 radical (unpaired) electrons. The normalized spacial score (nSPS) is 34.6. The molecule has 3 heteroatoms. The number of hydrogen-bond acceptors (Lipinski definition) is 3. The van der Waals surface area contributed by atoms with Crippen molar-refractivity contribution in [3.8, 4) is 0 Å². The van der Waals surface area contributed by atoms with Crippen LogP contribution in [-0.2, 0) is 4.74 Å². The maximum absolute atomic E-state index is 6.11. The van der Waals surface area contributed by atoms with Gasteiger partial charge in [0.2, 0.25) is 0 Å². The molecule has 0 aromatic heterocycles. The molecule has 3 nitrogen and oxygen atoms in total. The van der Waals surface area contributed by atoms with E-state index in [1.807, 2.05) is 0 Å². The highest BCUT2D eigenvalue weighted by atomic mass is 16.5. The average Bonchev–Trinajstić information content (AvgIpc) is 2.51. The van der Waals surface area contributed by atoms with Crippen LogP contribution < -0.4 is 5.32 Å². The van der Waals surface area contributed by atoms with Crippen LogP contribution in [0.5, 0.6) is 0 Å². The fraction of sp³-hybridized carbons (Fsp3) is 1.00. The van der Waals surface area contributed by atoms with Gasteiger partial charge in [0.25, 0.3) is 0 Å². The van der Waals surface area contributed by atoms with Crippen LogP contribution in [0.25, 0.3) is 0 Å². The van der Waals surface area contributed by atoms with E-state index in [0.29, 0.717) is 11.6 Å². The Morgan fingerprint density at radius 2 is 2.14 bits per heavy atom. The number of ether oxygens (including phenoxy) is 1. The lowest BCUT2D eigenvalue weighted by Crippen LogP contribution is -2.55. The quantitative estimate of drug-likeness (QED) is 0.843. The molecule has 2 saturated heterocycles. The Kier molecular flexibility index (Phi) is 5.23. The summed E-state index contributed by atoms with van der Waals surface area (Å²) in [7, 11) is 0. The zero-order valence-electron chi connectivity index (χ0n) is 14.1. The molecule has 1 aliphatic carbocycles. The number of nitrogens with one attached hydrogen (secondary N) is 1. The smallest absolute Gasteiger partial charge is 0.0697 e. The molecular weight excluding hydrogens is 260 g/mol. The molecule has 3 fully saturated rings. The van der Waals surface area contributed by atoms with E-state index in [0.717, 1.165) is 25.1 Å². The molecule has 1 spiro atoms.